The molecule has 0 radical (unpaired) electrons. The van der Waals surface area contributed by atoms with Gasteiger partial charge in [0.1, 0.15) is 6.61 Å². The van der Waals surface area contributed by atoms with Gasteiger partial charge >= 0.3 is 0 Å². The average Bonchev–Trinajstić information content (AvgIpc) is 2.97. The van der Waals surface area contributed by atoms with Gasteiger partial charge in [-0.1, -0.05) is 25.0 Å². The molecule has 3 rings (SSSR count). The van der Waals surface area contributed by atoms with Gasteiger partial charge in [-0.3, -0.25) is 0 Å². The smallest absolute Gasteiger partial charge is 0.164 e. The minimum absolute atomic E-state index is 0.445. The first-order valence-electron chi connectivity index (χ1n) is 7.39. The van der Waals surface area contributed by atoms with Gasteiger partial charge in [0.2, 0.25) is 0 Å². The molecule has 1 aliphatic heterocycles. The topological polar surface area (TPSA) is 30.5 Å². The van der Waals surface area contributed by atoms with Gasteiger partial charge in [0, 0.05) is 6.04 Å². The summed E-state index contributed by atoms with van der Waals surface area (Å²) in [6, 6.07) is 6.59. The fraction of sp³-hybridized carbons (Fsp3) is 0.625. The second kappa shape index (κ2) is 5.83. The number of ether oxygens (including phenoxy) is 2. The van der Waals surface area contributed by atoms with E-state index in [1.807, 2.05) is 12.1 Å². The minimum Gasteiger partial charge on any atom is -0.493 e. The summed E-state index contributed by atoms with van der Waals surface area (Å²) in [5.74, 6) is 2.67. The summed E-state index contributed by atoms with van der Waals surface area (Å²) < 4.78 is 11.2. The van der Waals surface area contributed by atoms with Crippen LogP contribution in [0.25, 0.3) is 0 Å². The molecule has 19 heavy (non-hydrogen) atoms. The van der Waals surface area contributed by atoms with Crippen molar-refractivity contribution in [2.75, 3.05) is 20.3 Å². The summed E-state index contributed by atoms with van der Waals surface area (Å²) in [7, 11) is 1.70. The molecule has 2 aliphatic rings. The minimum atomic E-state index is 0.445. The Morgan fingerprint density at radius 3 is 2.95 bits per heavy atom. The molecule has 1 aliphatic carbocycles. The largest absolute Gasteiger partial charge is 0.493 e. The number of rotatable bonds is 4. The molecule has 104 valence electrons. The maximum absolute atomic E-state index is 5.89. The fourth-order valence-electron chi connectivity index (χ4n) is 3.23. The van der Waals surface area contributed by atoms with E-state index in [0.29, 0.717) is 6.04 Å². The van der Waals surface area contributed by atoms with E-state index in [4.69, 9.17) is 9.47 Å². The molecule has 1 N–H and O–H groups in total. The van der Waals surface area contributed by atoms with E-state index >= 15 is 0 Å². The van der Waals surface area contributed by atoms with Crippen molar-refractivity contribution in [3.63, 3.8) is 0 Å². The van der Waals surface area contributed by atoms with Gasteiger partial charge in [0.05, 0.1) is 7.11 Å². The zero-order valence-corrected chi connectivity index (χ0v) is 11.7. The lowest BCUT2D eigenvalue weighted by molar-refractivity contribution is 0.223. The lowest BCUT2D eigenvalue weighted by Crippen LogP contribution is -2.41. The van der Waals surface area contributed by atoms with Gasteiger partial charge in [0.25, 0.3) is 0 Å². The third-order valence-corrected chi connectivity index (χ3v) is 4.35. The van der Waals surface area contributed by atoms with Crippen LogP contribution in [-0.4, -0.2) is 26.3 Å². The Labute approximate surface area is 115 Å². The molecule has 3 heteroatoms. The van der Waals surface area contributed by atoms with E-state index in [0.717, 1.165) is 37.0 Å². The van der Waals surface area contributed by atoms with Crippen LogP contribution in [0.2, 0.25) is 0 Å². The molecule has 0 amide bonds. The molecule has 1 saturated carbocycles. The normalized spacial score (nSPS) is 22.9. The lowest BCUT2D eigenvalue weighted by Gasteiger charge is -2.28. The zero-order chi connectivity index (χ0) is 13.1. The number of para-hydroxylation sites is 1. The summed E-state index contributed by atoms with van der Waals surface area (Å²) >= 11 is 0. The Hall–Kier alpha value is -1.22. The van der Waals surface area contributed by atoms with E-state index in [1.165, 1.54) is 31.2 Å². The van der Waals surface area contributed by atoms with Crippen LogP contribution in [0.5, 0.6) is 11.5 Å². The number of methoxy groups -OCH3 is 1. The van der Waals surface area contributed by atoms with E-state index in [1.54, 1.807) is 7.11 Å². The molecule has 1 fully saturated rings. The van der Waals surface area contributed by atoms with E-state index in [-0.39, 0.29) is 0 Å². The number of fused-ring (bicyclic) bond motifs is 1. The molecule has 0 unspecified atom stereocenters. The number of nitrogens with one attached hydrogen (secondary N) is 1. The van der Waals surface area contributed by atoms with Crippen molar-refractivity contribution in [3.8, 4) is 11.5 Å². The van der Waals surface area contributed by atoms with Gasteiger partial charge in [0.15, 0.2) is 11.5 Å². The highest BCUT2D eigenvalue weighted by atomic mass is 16.5. The molecule has 0 aromatic heterocycles. The molecule has 0 saturated heterocycles. The second-order valence-corrected chi connectivity index (χ2v) is 5.72. The van der Waals surface area contributed by atoms with Crippen LogP contribution in [0.3, 0.4) is 0 Å². The SMILES string of the molecule is COc1cccc2c1OC[C@@H](NCC1CCCC1)C2. The van der Waals surface area contributed by atoms with Crippen LogP contribution in [0.1, 0.15) is 31.2 Å². The molecule has 1 heterocycles. The van der Waals surface area contributed by atoms with Crippen LogP contribution in [-0.2, 0) is 6.42 Å². The predicted octanol–water partition coefficient (Wildman–Crippen LogP) is 2.78. The molecular weight excluding hydrogens is 238 g/mol. The summed E-state index contributed by atoms with van der Waals surface area (Å²) in [4.78, 5) is 0. The monoisotopic (exact) mass is 261 g/mol. The Bertz CT molecular complexity index is 427. The van der Waals surface area contributed by atoms with Crippen molar-refractivity contribution < 1.29 is 9.47 Å². The molecule has 0 spiro atoms. The Balaban J connectivity index is 1.59. The molecule has 0 bridgehead atoms. The van der Waals surface area contributed by atoms with Crippen molar-refractivity contribution in [1.82, 2.24) is 5.32 Å². The van der Waals surface area contributed by atoms with E-state index < -0.39 is 0 Å². The van der Waals surface area contributed by atoms with Gasteiger partial charge < -0.3 is 14.8 Å². The summed E-state index contributed by atoms with van der Waals surface area (Å²) in [6.07, 6.45) is 6.65. The highest BCUT2D eigenvalue weighted by Crippen LogP contribution is 2.34. The van der Waals surface area contributed by atoms with Gasteiger partial charge in [-0.2, -0.15) is 0 Å². The molecule has 3 nitrogen and oxygen atoms in total. The summed E-state index contributed by atoms with van der Waals surface area (Å²) in [6.45, 7) is 1.90. The number of hydrogen-bond donors (Lipinski definition) is 1. The quantitative estimate of drug-likeness (QED) is 0.904. The standard InChI is InChI=1S/C16H23NO2/c1-18-15-8-4-7-13-9-14(11-19-16(13)15)17-10-12-5-2-3-6-12/h4,7-8,12,14,17H,2-3,5-6,9-11H2,1H3/t14-/m0/s1. The van der Waals surface area contributed by atoms with Crippen LogP contribution < -0.4 is 14.8 Å². The molecule has 1 aromatic rings. The third-order valence-electron chi connectivity index (χ3n) is 4.35. The van der Waals surface area contributed by atoms with Crippen molar-refractivity contribution in [3.05, 3.63) is 23.8 Å². The highest BCUT2D eigenvalue weighted by molar-refractivity contribution is 5.48. The zero-order valence-electron chi connectivity index (χ0n) is 11.7. The van der Waals surface area contributed by atoms with Crippen LogP contribution in [0, 0.1) is 5.92 Å². The predicted molar refractivity (Wildman–Crippen MR) is 75.9 cm³/mol. The van der Waals surface area contributed by atoms with Crippen molar-refractivity contribution in [2.45, 2.75) is 38.1 Å². The molecule has 1 atom stereocenters. The summed E-state index contributed by atoms with van der Waals surface area (Å²) in [5, 5.41) is 3.68. The van der Waals surface area contributed by atoms with Crippen molar-refractivity contribution >= 4 is 0 Å². The van der Waals surface area contributed by atoms with Crippen LogP contribution >= 0.6 is 0 Å². The second-order valence-electron chi connectivity index (χ2n) is 5.72. The molecule has 1 aromatic carbocycles. The lowest BCUT2D eigenvalue weighted by atomic mass is 10.0. The average molecular weight is 261 g/mol. The first-order valence-corrected chi connectivity index (χ1v) is 7.39. The first kappa shape index (κ1) is 12.8. The third kappa shape index (κ3) is 2.86. The molecular formula is C16H23NO2. The van der Waals surface area contributed by atoms with E-state index in [9.17, 15) is 0 Å². The Kier molecular flexibility index (Phi) is 3.92. The first-order chi connectivity index (χ1) is 9.36. The van der Waals surface area contributed by atoms with Crippen molar-refractivity contribution in [1.29, 1.82) is 0 Å². The number of hydrogen-bond acceptors (Lipinski definition) is 3. The number of benzene rings is 1. The Morgan fingerprint density at radius 2 is 2.16 bits per heavy atom. The van der Waals surface area contributed by atoms with Gasteiger partial charge in [-0.25, -0.2) is 0 Å². The highest BCUT2D eigenvalue weighted by Gasteiger charge is 2.23. The van der Waals surface area contributed by atoms with Gasteiger partial charge in [-0.05, 0) is 43.4 Å². The Morgan fingerprint density at radius 1 is 1.32 bits per heavy atom. The van der Waals surface area contributed by atoms with E-state index in [2.05, 4.69) is 11.4 Å². The van der Waals surface area contributed by atoms with Crippen molar-refractivity contribution in [2.24, 2.45) is 5.92 Å². The maximum atomic E-state index is 5.89. The van der Waals surface area contributed by atoms with Gasteiger partial charge in [-0.15, -0.1) is 0 Å². The van der Waals surface area contributed by atoms with Crippen LogP contribution in [0.4, 0.5) is 0 Å². The fourth-order valence-corrected chi connectivity index (χ4v) is 3.23. The summed E-state index contributed by atoms with van der Waals surface area (Å²) in [5.41, 5.74) is 1.26. The maximum Gasteiger partial charge on any atom is 0.164 e. The van der Waals surface area contributed by atoms with Crippen LogP contribution in [0.15, 0.2) is 18.2 Å².